The summed E-state index contributed by atoms with van der Waals surface area (Å²) in [5, 5.41) is 16.0. The molecule has 2 heterocycles. The van der Waals surface area contributed by atoms with Gasteiger partial charge in [-0.3, -0.25) is 0 Å². The Hall–Kier alpha value is -1.89. The van der Waals surface area contributed by atoms with Gasteiger partial charge in [0, 0.05) is 19.0 Å². The van der Waals surface area contributed by atoms with Gasteiger partial charge in [-0.15, -0.1) is 0 Å². The highest BCUT2D eigenvalue weighted by Crippen LogP contribution is 2.37. The lowest BCUT2D eigenvalue weighted by Crippen LogP contribution is -2.30. The Morgan fingerprint density at radius 3 is 2.85 bits per heavy atom. The molecule has 2 aromatic rings. The molecule has 3 rings (SSSR count). The molecule has 0 aromatic carbocycles. The summed E-state index contributed by atoms with van der Waals surface area (Å²) in [6.07, 6.45) is 6.11. The first-order valence-corrected chi connectivity index (χ1v) is 7.00. The summed E-state index contributed by atoms with van der Waals surface area (Å²) in [6.45, 7) is 0.938. The van der Waals surface area contributed by atoms with Gasteiger partial charge in [0.1, 0.15) is 5.52 Å². The van der Waals surface area contributed by atoms with Crippen molar-refractivity contribution in [2.24, 2.45) is 5.41 Å². The Labute approximate surface area is 117 Å². The lowest BCUT2D eigenvalue weighted by Gasteiger charge is -2.26. The summed E-state index contributed by atoms with van der Waals surface area (Å²) in [6, 6.07) is 0. The fourth-order valence-corrected chi connectivity index (χ4v) is 2.86. The molecule has 1 saturated carbocycles. The minimum atomic E-state index is -0.0168. The van der Waals surface area contributed by atoms with Crippen molar-refractivity contribution in [3.63, 3.8) is 0 Å². The molecule has 2 aromatic heterocycles. The van der Waals surface area contributed by atoms with Gasteiger partial charge < -0.3 is 20.7 Å². The third-order valence-corrected chi connectivity index (χ3v) is 4.14. The zero-order valence-corrected chi connectivity index (χ0v) is 11.6. The first-order valence-electron chi connectivity index (χ1n) is 7.00. The van der Waals surface area contributed by atoms with Crippen molar-refractivity contribution in [3.05, 3.63) is 6.33 Å². The second-order valence-corrected chi connectivity index (χ2v) is 5.47. The van der Waals surface area contributed by atoms with E-state index in [1.54, 1.807) is 13.4 Å². The number of hydrogen-bond acceptors (Lipinski definition) is 6. The van der Waals surface area contributed by atoms with Crippen LogP contribution in [0, 0.1) is 5.41 Å². The van der Waals surface area contributed by atoms with Gasteiger partial charge >= 0.3 is 0 Å². The van der Waals surface area contributed by atoms with Crippen LogP contribution in [0.15, 0.2) is 6.33 Å². The predicted octanol–water partition coefficient (Wildman–Crippen LogP) is 1.36. The molecule has 1 aliphatic carbocycles. The predicted molar refractivity (Wildman–Crippen MR) is 77.7 cm³/mol. The van der Waals surface area contributed by atoms with E-state index >= 15 is 0 Å². The van der Waals surface area contributed by atoms with Crippen LogP contribution in [0.4, 0.5) is 11.8 Å². The van der Waals surface area contributed by atoms with Crippen molar-refractivity contribution in [1.82, 2.24) is 19.9 Å². The second-order valence-electron chi connectivity index (χ2n) is 5.47. The summed E-state index contributed by atoms with van der Waals surface area (Å²) in [7, 11) is 1.78. The number of imidazole rings is 1. The number of aliphatic hydroxyl groups is 1. The molecule has 108 valence electrons. The normalized spacial score (nSPS) is 17.5. The number of fused-ring (bicyclic) bond motifs is 1. The van der Waals surface area contributed by atoms with E-state index in [2.05, 4.69) is 30.6 Å². The van der Waals surface area contributed by atoms with Crippen LogP contribution in [0.2, 0.25) is 0 Å². The highest BCUT2D eigenvalue weighted by atomic mass is 16.3. The van der Waals surface area contributed by atoms with Crippen LogP contribution in [0.25, 0.3) is 11.2 Å². The van der Waals surface area contributed by atoms with E-state index < -0.39 is 0 Å². The first-order chi connectivity index (χ1) is 9.76. The molecule has 20 heavy (non-hydrogen) atoms. The van der Waals surface area contributed by atoms with Crippen LogP contribution in [-0.4, -0.2) is 45.2 Å². The van der Waals surface area contributed by atoms with Crippen molar-refractivity contribution < 1.29 is 5.11 Å². The standard InChI is InChI=1S/C13H20N6O/c1-14-12-18-10(9-11(19-12)17-8-16-9)15-6-13(7-20)4-2-3-5-13/h8,20H,2-7H2,1H3,(H3,14,15,16,17,18,19). The zero-order chi connectivity index (χ0) is 14.0. The second kappa shape index (κ2) is 5.24. The fraction of sp³-hybridized carbons (Fsp3) is 0.615. The van der Waals surface area contributed by atoms with Crippen LogP contribution >= 0.6 is 0 Å². The van der Waals surface area contributed by atoms with Crippen LogP contribution in [0.3, 0.4) is 0 Å². The molecule has 0 unspecified atom stereocenters. The average molecular weight is 276 g/mol. The first kappa shape index (κ1) is 13.1. The highest BCUT2D eigenvalue weighted by molar-refractivity contribution is 5.83. The maximum atomic E-state index is 9.66. The van der Waals surface area contributed by atoms with Gasteiger partial charge in [0.15, 0.2) is 11.5 Å². The van der Waals surface area contributed by atoms with Gasteiger partial charge in [-0.2, -0.15) is 9.97 Å². The van der Waals surface area contributed by atoms with Crippen LogP contribution < -0.4 is 10.6 Å². The maximum Gasteiger partial charge on any atom is 0.226 e. The van der Waals surface area contributed by atoms with Crippen LogP contribution in [0.5, 0.6) is 0 Å². The number of nitrogens with one attached hydrogen (secondary N) is 3. The lowest BCUT2D eigenvalue weighted by molar-refractivity contribution is 0.142. The Balaban J connectivity index is 1.84. The molecule has 7 nitrogen and oxygen atoms in total. The molecule has 0 atom stereocenters. The monoisotopic (exact) mass is 276 g/mol. The molecule has 0 radical (unpaired) electrons. The molecular formula is C13H20N6O. The van der Waals surface area contributed by atoms with Crippen molar-refractivity contribution in [2.75, 3.05) is 30.8 Å². The van der Waals surface area contributed by atoms with E-state index in [4.69, 9.17) is 0 Å². The van der Waals surface area contributed by atoms with Gasteiger partial charge in [-0.25, -0.2) is 4.98 Å². The van der Waals surface area contributed by atoms with Gasteiger partial charge in [0.05, 0.1) is 12.9 Å². The number of anilines is 2. The Kier molecular flexibility index (Phi) is 3.43. The lowest BCUT2D eigenvalue weighted by atomic mass is 9.87. The largest absolute Gasteiger partial charge is 0.396 e. The quantitative estimate of drug-likeness (QED) is 0.658. The summed E-state index contributed by atoms with van der Waals surface area (Å²) < 4.78 is 0. The molecule has 1 fully saturated rings. The Morgan fingerprint density at radius 2 is 2.15 bits per heavy atom. The van der Waals surface area contributed by atoms with Crippen LogP contribution in [0.1, 0.15) is 25.7 Å². The number of H-pyrrole nitrogens is 1. The van der Waals surface area contributed by atoms with Crippen molar-refractivity contribution in [1.29, 1.82) is 0 Å². The number of rotatable bonds is 5. The van der Waals surface area contributed by atoms with E-state index in [-0.39, 0.29) is 12.0 Å². The molecule has 0 saturated heterocycles. The third kappa shape index (κ3) is 2.29. The van der Waals surface area contributed by atoms with Gasteiger partial charge in [0.2, 0.25) is 5.95 Å². The summed E-state index contributed by atoms with van der Waals surface area (Å²) in [4.78, 5) is 15.9. The van der Waals surface area contributed by atoms with E-state index in [1.807, 2.05) is 0 Å². The van der Waals surface area contributed by atoms with E-state index in [9.17, 15) is 5.11 Å². The number of aliphatic hydroxyl groups excluding tert-OH is 1. The SMILES string of the molecule is CNc1nc(NCC2(CO)CCCC2)c2[nH]cnc2n1. The molecule has 7 heteroatoms. The molecule has 0 amide bonds. The summed E-state index contributed by atoms with van der Waals surface area (Å²) in [5.41, 5.74) is 1.42. The summed E-state index contributed by atoms with van der Waals surface area (Å²) in [5.74, 6) is 1.27. The Morgan fingerprint density at radius 1 is 1.35 bits per heavy atom. The van der Waals surface area contributed by atoms with E-state index in [1.165, 1.54) is 12.8 Å². The maximum absolute atomic E-state index is 9.66. The topological polar surface area (TPSA) is 98.8 Å². The van der Waals surface area contributed by atoms with Gasteiger partial charge in [0.25, 0.3) is 0 Å². The molecule has 0 spiro atoms. The number of aromatic nitrogens is 4. The van der Waals surface area contributed by atoms with Crippen molar-refractivity contribution >= 4 is 22.9 Å². The van der Waals surface area contributed by atoms with Crippen LogP contribution in [-0.2, 0) is 0 Å². The van der Waals surface area contributed by atoms with Crippen molar-refractivity contribution in [3.8, 4) is 0 Å². The highest BCUT2D eigenvalue weighted by Gasteiger charge is 2.33. The molecule has 1 aliphatic rings. The van der Waals surface area contributed by atoms with Gasteiger partial charge in [-0.1, -0.05) is 12.8 Å². The molecule has 0 aliphatic heterocycles. The average Bonchev–Trinajstić information content (AvgIpc) is 3.14. The molecule has 0 bridgehead atoms. The van der Waals surface area contributed by atoms with E-state index in [0.717, 1.165) is 30.7 Å². The third-order valence-electron chi connectivity index (χ3n) is 4.14. The number of aromatic amines is 1. The Bertz CT molecular complexity index is 590. The van der Waals surface area contributed by atoms with Crippen molar-refractivity contribution in [2.45, 2.75) is 25.7 Å². The van der Waals surface area contributed by atoms with E-state index in [0.29, 0.717) is 11.6 Å². The number of hydrogen-bond donors (Lipinski definition) is 4. The minimum absolute atomic E-state index is 0.0168. The summed E-state index contributed by atoms with van der Waals surface area (Å²) >= 11 is 0. The fourth-order valence-electron chi connectivity index (χ4n) is 2.86. The molecular weight excluding hydrogens is 256 g/mol. The minimum Gasteiger partial charge on any atom is -0.396 e. The van der Waals surface area contributed by atoms with Gasteiger partial charge in [-0.05, 0) is 12.8 Å². The molecule has 4 N–H and O–H groups in total. The number of nitrogens with zero attached hydrogens (tertiary/aromatic N) is 3. The zero-order valence-electron chi connectivity index (χ0n) is 11.6. The smallest absolute Gasteiger partial charge is 0.226 e.